The number of hydrogen-bond acceptors (Lipinski definition) is 3. The van der Waals surface area contributed by atoms with Gasteiger partial charge in [-0.05, 0) is 30.7 Å². The molecule has 1 aromatic heterocycles. The van der Waals surface area contributed by atoms with E-state index in [9.17, 15) is 4.79 Å². The fourth-order valence-corrected chi connectivity index (χ4v) is 3.71. The van der Waals surface area contributed by atoms with Crippen LogP contribution in [0.5, 0.6) is 5.75 Å². The molecule has 1 aromatic carbocycles. The van der Waals surface area contributed by atoms with E-state index in [1.807, 2.05) is 34.5 Å². The number of nitrogens with one attached hydrogen (secondary N) is 1. The van der Waals surface area contributed by atoms with Gasteiger partial charge < -0.3 is 9.72 Å². The van der Waals surface area contributed by atoms with Gasteiger partial charge in [-0.25, -0.2) is 4.79 Å². The van der Waals surface area contributed by atoms with Crippen molar-refractivity contribution in [1.29, 1.82) is 0 Å². The second-order valence-corrected chi connectivity index (χ2v) is 5.68. The van der Waals surface area contributed by atoms with Crippen molar-refractivity contribution in [2.24, 2.45) is 0 Å². The van der Waals surface area contributed by atoms with E-state index in [0.29, 0.717) is 6.04 Å². The highest BCUT2D eigenvalue weighted by atomic mass is 32.2. The van der Waals surface area contributed by atoms with Crippen molar-refractivity contribution in [3.05, 3.63) is 28.7 Å². The quantitative estimate of drug-likeness (QED) is 0.906. The predicted octanol–water partition coefficient (Wildman–Crippen LogP) is 2.41. The summed E-state index contributed by atoms with van der Waals surface area (Å²) in [5, 5.41) is 0. The molecule has 0 radical (unpaired) electrons. The summed E-state index contributed by atoms with van der Waals surface area (Å²) in [7, 11) is 1.63. The van der Waals surface area contributed by atoms with Crippen molar-refractivity contribution >= 4 is 22.8 Å². The van der Waals surface area contributed by atoms with E-state index >= 15 is 0 Å². The summed E-state index contributed by atoms with van der Waals surface area (Å²) in [6.07, 6.45) is 2.26. The molecule has 0 aliphatic carbocycles. The molecule has 0 saturated carbocycles. The van der Waals surface area contributed by atoms with Gasteiger partial charge in [-0.1, -0.05) is 6.07 Å². The average Bonchev–Trinajstić information content (AvgIpc) is 2.75. The monoisotopic (exact) mass is 264 g/mol. The van der Waals surface area contributed by atoms with E-state index in [2.05, 4.69) is 4.98 Å². The van der Waals surface area contributed by atoms with Crippen molar-refractivity contribution in [2.75, 3.05) is 18.6 Å². The van der Waals surface area contributed by atoms with Crippen LogP contribution in [0.2, 0.25) is 0 Å². The molecule has 0 amide bonds. The van der Waals surface area contributed by atoms with Crippen molar-refractivity contribution < 1.29 is 4.74 Å². The Bertz CT molecular complexity index is 611. The number of rotatable bonds is 2. The lowest BCUT2D eigenvalue weighted by atomic mass is 10.1. The number of benzene rings is 1. The predicted molar refractivity (Wildman–Crippen MR) is 74.7 cm³/mol. The number of hydrogen-bond donors (Lipinski definition) is 1. The third kappa shape index (κ3) is 1.82. The largest absolute Gasteiger partial charge is 0.494 e. The summed E-state index contributed by atoms with van der Waals surface area (Å²) >= 11 is 1.92. The number of ether oxygens (including phenoxy) is 1. The Labute approximate surface area is 109 Å². The first-order valence-corrected chi connectivity index (χ1v) is 7.31. The maximum atomic E-state index is 12.1. The molecular weight excluding hydrogens is 248 g/mol. The van der Waals surface area contributed by atoms with Crippen LogP contribution in [0.25, 0.3) is 11.0 Å². The molecule has 3 rings (SSSR count). The number of aromatic nitrogens is 2. The number of nitrogens with zero attached hydrogens (tertiary/aromatic N) is 1. The third-order valence-electron chi connectivity index (χ3n) is 3.44. The van der Waals surface area contributed by atoms with E-state index in [0.717, 1.165) is 29.0 Å². The first kappa shape index (κ1) is 11.7. The Morgan fingerprint density at radius 2 is 2.39 bits per heavy atom. The molecule has 1 N–H and O–H groups in total. The minimum Gasteiger partial charge on any atom is -0.494 e. The van der Waals surface area contributed by atoms with E-state index in [-0.39, 0.29) is 5.69 Å². The number of imidazole rings is 1. The summed E-state index contributed by atoms with van der Waals surface area (Å²) in [4.78, 5) is 15.1. The maximum absolute atomic E-state index is 12.1. The lowest BCUT2D eigenvalue weighted by Crippen LogP contribution is -2.25. The van der Waals surface area contributed by atoms with Gasteiger partial charge in [-0.15, -0.1) is 0 Å². The van der Waals surface area contributed by atoms with Crippen LogP contribution in [0, 0.1) is 0 Å². The van der Waals surface area contributed by atoms with Crippen molar-refractivity contribution in [2.45, 2.75) is 18.9 Å². The molecule has 1 unspecified atom stereocenters. The lowest BCUT2D eigenvalue weighted by Gasteiger charge is -2.22. The normalized spacial score (nSPS) is 20.2. The number of aromatic amines is 1. The fraction of sp³-hybridized carbons (Fsp3) is 0.462. The molecule has 0 bridgehead atoms. The molecule has 2 heterocycles. The molecular formula is C13H16N2O2S. The van der Waals surface area contributed by atoms with Crippen LogP contribution in [0.15, 0.2) is 23.0 Å². The Hall–Kier alpha value is -1.36. The first-order valence-electron chi connectivity index (χ1n) is 6.16. The minimum atomic E-state index is -0.0259. The van der Waals surface area contributed by atoms with Gasteiger partial charge in [0.2, 0.25) is 0 Å². The topological polar surface area (TPSA) is 47.0 Å². The molecule has 1 fully saturated rings. The van der Waals surface area contributed by atoms with Crippen LogP contribution < -0.4 is 10.4 Å². The Morgan fingerprint density at radius 1 is 1.50 bits per heavy atom. The van der Waals surface area contributed by atoms with Gasteiger partial charge in [0.25, 0.3) is 0 Å². The van der Waals surface area contributed by atoms with Crippen molar-refractivity contribution in [1.82, 2.24) is 9.55 Å². The van der Waals surface area contributed by atoms with E-state index in [1.54, 1.807) is 7.11 Å². The summed E-state index contributed by atoms with van der Waals surface area (Å²) in [5.74, 6) is 2.95. The lowest BCUT2D eigenvalue weighted by molar-refractivity contribution is 0.419. The van der Waals surface area contributed by atoms with Gasteiger partial charge in [0.05, 0.1) is 12.6 Å². The standard InChI is InChI=1S/C13H16N2O2S/c1-17-11-6-2-5-10-12(11)14-13(16)15(10)9-4-3-7-18-8-9/h2,5-6,9H,3-4,7-8H2,1H3,(H,14,16). The molecule has 1 atom stereocenters. The number of methoxy groups -OCH3 is 1. The zero-order valence-corrected chi connectivity index (χ0v) is 11.1. The van der Waals surface area contributed by atoms with Gasteiger partial charge in [-0.2, -0.15) is 11.8 Å². The average molecular weight is 264 g/mol. The van der Waals surface area contributed by atoms with Crippen LogP contribution in [-0.2, 0) is 0 Å². The first-order chi connectivity index (χ1) is 8.81. The molecule has 18 heavy (non-hydrogen) atoms. The molecule has 1 saturated heterocycles. The van der Waals surface area contributed by atoms with E-state index < -0.39 is 0 Å². The minimum absolute atomic E-state index is 0.0259. The molecule has 4 nitrogen and oxygen atoms in total. The van der Waals surface area contributed by atoms with E-state index in [1.165, 1.54) is 12.2 Å². The molecule has 5 heteroatoms. The van der Waals surface area contributed by atoms with Gasteiger partial charge in [0, 0.05) is 11.8 Å². The van der Waals surface area contributed by atoms with Crippen LogP contribution in [-0.4, -0.2) is 28.2 Å². The van der Waals surface area contributed by atoms with Crippen LogP contribution in [0.1, 0.15) is 18.9 Å². The summed E-state index contributed by atoms with van der Waals surface area (Å²) < 4.78 is 7.19. The third-order valence-corrected chi connectivity index (χ3v) is 4.63. The highest BCUT2D eigenvalue weighted by Crippen LogP contribution is 2.30. The molecule has 2 aromatic rings. The number of para-hydroxylation sites is 1. The van der Waals surface area contributed by atoms with Crippen molar-refractivity contribution in [3.63, 3.8) is 0 Å². The Morgan fingerprint density at radius 3 is 3.11 bits per heavy atom. The summed E-state index contributed by atoms with van der Waals surface area (Å²) in [5.41, 5.74) is 1.73. The summed E-state index contributed by atoms with van der Waals surface area (Å²) in [6.45, 7) is 0. The molecule has 0 spiro atoms. The maximum Gasteiger partial charge on any atom is 0.326 e. The fourth-order valence-electron chi connectivity index (χ4n) is 2.58. The van der Waals surface area contributed by atoms with Crippen molar-refractivity contribution in [3.8, 4) is 5.75 Å². The SMILES string of the molecule is COc1cccc2c1[nH]c(=O)n2C1CCCSC1. The zero-order valence-electron chi connectivity index (χ0n) is 10.3. The second kappa shape index (κ2) is 4.72. The van der Waals surface area contributed by atoms with Gasteiger partial charge in [0.15, 0.2) is 0 Å². The second-order valence-electron chi connectivity index (χ2n) is 4.53. The van der Waals surface area contributed by atoms with E-state index in [4.69, 9.17) is 4.74 Å². The van der Waals surface area contributed by atoms with Crippen LogP contribution >= 0.6 is 11.8 Å². The van der Waals surface area contributed by atoms with Gasteiger partial charge in [0.1, 0.15) is 11.3 Å². The molecule has 1 aliphatic rings. The van der Waals surface area contributed by atoms with Gasteiger partial charge >= 0.3 is 5.69 Å². The van der Waals surface area contributed by atoms with Crippen LogP contribution in [0.3, 0.4) is 0 Å². The molecule has 96 valence electrons. The number of fused-ring (bicyclic) bond motifs is 1. The molecule has 1 aliphatic heterocycles. The van der Waals surface area contributed by atoms with Crippen LogP contribution in [0.4, 0.5) is 0 Å². The van der Waals surface area contributed by atoms with Gasteiger partial charge in [-0.3, -0.25) is 4.57 Å². The smallest absolute Gasteiger partial charge is 0.326 e. The Balaban J connectivity index is 2.16. The zero-order chi connectivity index (χ0) is 12.5. The highest BCUT2D eigenvalue weighted by molar-refractivity contribution is 7.99. The number of H-pyrrole nitrogens is 1. The summed E-state index contributed by atoms with van der Waals surface area (Å²) in [6, 6.07) is 6.09. The highest BCUT2D eigenvalue weighted by Gasteiger charge is 2.20. The Kier molecular flexibility index (Phi) is 3.07. The number of thioether (sulfide) groups is 1.